The molecule has 1 atom stereocenters. The summed E-state index contributed by atoms with van der Waals surface area (Å²) in [7, 11) is 1.21. The number of piperidine rings is 1. The SMILES string of the molecule is COC(=O)NC1CCC(=O)NC1=O. The Balaban J connectivity index is 2.47. The molecule has 3 amide bonds. The van der Waals surface area contributed by atoms with Gasteiger partial charge in [-0.2, -0.15) is 0 Å². The summed E-state index contributed by atoms with van der Waals surface area (Å²) in [5.74, 6) is -0.797. The van der Waals surface area contributed by atoms with Crippen molar-refractivity contribution in [3.63, 3.8) is 0 Å². The van der Waals surface area contributed by atoms with Crippen LogP contribution in [0.25, 0.3) is 0 Å². The maximum absolute atomic E-state index is 11.1. The quantitative estimate of drug-likeness (QED) is 0.522. The summed E-state index contributed by atoms with van der Waals surface area (Å²) in [5.41, 5.74) is 0. The lowest BCUT2D eigenvalue weighted by molar-refractivity contribution is -0.134. The fourth-order valence-electron chi connectivity index (χ4n) is 1.03. The van der Waals surface area contributed by atoms with Gasteiger partial charge in [-0.05, 0) is 6.42 Å². The Morgan fingerprint density at radius 3 is 2.85 bits per heavy atom. The number of carbonyl (C=O) groups excluding carboxylic acids is 3. The lowest BCUT2D eigenvalue weighted by Gasteiger charge is -2.20. The van der Waals surface area contributed by atoms with Crippen LogP contribution in [0.4, 0.5) is 4.79 Å². The lowest BCUT2D eigenvalue weighted by atomic mass is 10.1. The summed E-state index contributed by atoms with van der Waals surface area (Å²) < 4.78 is 4.31. The van der Waals surface area contributed by atoms with Crippen LogP contribution in [0.5, 0.6) is 0 Å². The van der Waals surface area contributed by atoms with E-state index in [2.05, 4.69) is 15.4 Å². The average Bonchev–Trinajstić information content (AvgIpc) is 2.09. The molecule has 0 aromatic carbocycles. The Hall–Kier alpha value is -1.59. The fourth-order valence-corrected chi connectivity index (χ4v) is 1.03. The molecule has 0 aromatic heterocycles. The van der Waals surface area contributed by atoms with Gasteiger partial charge >= 0.3 is 6.09 Å². The Kier molecular flexibility index (Phi) is 2.84. The first-order chi connectivity index (χ1) is 6.13. The number of amides is 3. The first kappa shape index (κ1) is 9.50. The van der Waals surface area contributed by atoms with Gasteiger partial charge in [0.1, 0.15) is 6.04 Å². The highest BCUT2D eigenvalue weighted by atomic mass is 16.5. The molecule has 0 aromatic rings. The number of nitrogens with one attached hydrogen (secondary N) is 2. The molecule has 1 saturated heterocycles. The topological polar surface area (TPSA) is 84.5 Å². The minimum Gasteiger partial charge on any atom is -0.453 e. The van der Waals surface area contributed by atoms with Crippen molar-refractivity contribution in [3.8, 4) is 0 Å². The summed E-state index contributed by atoms with van der Waals surface area (Å²) in [4.78, 5) is 32.5. The van der Waals surface area contributed by atoms with E-state index in [0.717, 1.165) is 0 Å². The minimum absolute atomic E-state index is 0.237. The van der Waals surface area contributed by atoms with Crippen LogP contribution in [0.15, 0.2) is 0 Å². The van der Waals surface area contributed by atoms with Crippen molar-refractivity contribution in [3.05, 3.63) is 0 Å². The van der Waals surface area contributed by atoms with Crippen LogP contribution >= 0.6 is 0 Å². The monoisotopic (exact) mass is 186 g/mol. The number of hydrogen-bond acceptors (Lipinski definition) is 4. The molecule has 0 aliphatic carbocycles. The Morgan fingerprint density at radius 1 is 1.62 bits per heavy atom. The predicted octanol–water partition coefficient (Wildman–Crippen LogP) is -0.852. The van der Waals surface area contributed by atoms with E-state index < -0.39 is 18.0 Å². The second-order valence-corrected chi connectivity index (χ2v) is 2.64. The number of rotatable bonds is 1. The molecule has 0 spiro atoms. The zero-order valence-corrected chi connectivity index (χ0v) is 7.12. The van der Waals surface area contributed by atoms with Crippen LogP contribution in [0.3, 0.4) is 0 Å². The number of carbonyl (C=O) groups is 3. The largest absolute Gasteiger partial charge is 0.453 e. The number of imide groups is 1. The summed E-state index contributed by atoms with van der Waals surface area (Å²) in [6, 6.07) is -0.662. The molecule has 1 unspecified atom stereocenters. The minimum atomic E-state index is -0.672. The van der Waals surface area contributed by atoms with Crippen molar-refractivity contribution in [2.24, 2.45) is 0 Å². The van der Waals surface area contributed by atoms with Crippen LogP contribution < -0.4 is 10.6 Å². The average molecular weight is 186 g/mol. The molecule has 1 rings (SSSR count). The summed E-state index contributed by atoms with van der Waals surface area (Å²) >= 11 is 0. The van der Waals surface area contributed by atoms with E-state index in [1.54, 1.807) is 0 Å². The van der Waals surface area contributed by atoms with E-state index in [0.29, 0.717) is 6.42 Å². The van der Waals surface area contributed by atoms with Crippen molar-refractivity contribution in [2.75, 3.05) is 7.11 Å². The van der Waals surface area contributed by atoms with E-state index in [1.165, 1.54) is 7.11 Å². The third kappa shape index (κ3) is 2.43. The van der Waals surface area contributed by atoms with Gasteiger partial charge < -0.3 is 10.1 Å². The van der Waals surface area contributed by atoms with Crippen molar-refractivity contribution in [1.82, 2.24) is 10.6 Å². The van der Waals surface area contributed by atoms with E-state index in [1.807, 2.05) is 0 Å². The van der Waals surface area contributed by atoms with E-state index >= 15 is 0 Å². The van der Waals surface area contributed by atoms with Gasteiger partial charge in [-0.15, -0.1) is 0 Å². The van der Waals surface area contributed by atoms with Crippen LogP contribution in [0, 0.1) is 0 Å². The molecule has 6 nitrogen and oxygen atoms in total. The third-order valence-corrected chi connectivity index (χ3v) is 1.72. The van der Waals surface area contributed by atoms with Crippen molar-refractivity contribution >= 4 is 17.9 Å². The van der Waals surface area contributed by atoms with Crippen molar-refractivity contribution < 1.29 is 19.1 Å². The second-order valence-electron chi connectivity index (χ2n) is 2.64. The molecule has 1 heterocycles. The molecule has 6 heteroatoms. The number of methoxy groups -OCH3 is 1. The maximum atomic E-state index is 11.1. The summed E-state index contributed by atoms with van der Waals surface area (Å²) in [6.07, 6.45) is -0.116. The van der Waals surface area contributed by atoms with Gasteiger partial charge in [0.25, 0.3) is 0 Å². The zero-order chi connectivity index (χ0) is 9.84. The Bertz CT molecular complexity index is 251. The van der Waals surface area contributed by atoms with Gasteiger partial charge in [0.05, 0.1) is 7.11 Å². The molecule has 0 radical (unpaired) electrons. The molecular formula is C7H10N2O4. The van der Waals surface area contributed by atoms with Crippen LogP contribution in [0.1, 0.15) is 12.8 Å². The van der Waals surface area contributed by atoms with Crippen LogP contribution in [-0.4, -0.2) is 31.1 Å². The molecule has 72 valence electrons. The molecule has 0 bridgehead atoms. The molecule has 2 N–H and O–H groups in total. The molecule has 13 heavy (non-hydrogen) atoms. The van der Waals surface area contributed by atoms with Crippen LogP contribution in [-0.2, 0) is 14.3 Å². The van der Waals surface area contributed by atoms with Gasteiger partial charge in [0.2, 0.25) is 11.8 Å². The third-order valence-electron chi connectivity index (χ3n) is 1.72. The Labute approximate surface area is 74.6 Å². The molecule has 1 fully saturated rings. The standard InChI is InChI=1S/C7H10N2O4/c1-13-7(12)8-4-2-3-5(10)9-6(4)11/h4H,2-3H2,1H3,(H,8,12)(H,9,10,11). The zero-order valence-electron chi connectivity index (χ0n) is 7.12. The highest BCUT2D eigenvalue weighted by Crippen LogP contribution is 2.03. The van der Waals surface area contributed by atoms with Gasteiger partial charge in [-0.3, -0.25) is 14.9 Å². The molecule has 0 saturated carbocycles. The number of hydrogen-bond donors (Lipinski definition) is 2. The van der Waals surface area contributed by atoms with Crippen molar-refractivity contribution in [1.29, 1.82) is 0 Å². The van der Waals surface area contributed by atoms with Gasteiger partial charge in [0.15, 0.2) is 0 Å². The van der Waals surface area contributed by atoms with E-state index in [-0.39, 0.29) is 12.3 Å². The summed E-state index contributed by atoms with van der Waals surface area (Å²) in [6.45, 7) is 0. The Morgan fingerprint density at radius 2 is 2.31 bits per heavy atom. The van der Waals surface area contributed by atoms with Gasteiger partial charge in [-0.25, -0.2) is 4.79 Å². The van der Waals surface area contributed by atoms with Crippen molar-refractivity contribution in [2.45, 2.75) is 18.9 Å². The highest BCUT2D eigenvalue weighted by Gasteiger charge is 2.27. The normalized spacial score (nSPS) is 22.1. The number of alkyl carbamates (subject to hydrolysis) is 1. The fraction of sp³-hybridized carbons (Fsp3) is 0.571. The highest BCUT2D eigenvalue weighted by molar-refractivity contribution is 6.01. The van der Waals surface area contributed by atoms with E-state index in [9.17, 15) is 14.4 Å². The first-order valence-corrected chi connectivity index (χ1v) is 3.81. The van der Waals surface area contributed by atoms with Crippen LogP contribution in [0.2, 0.25) is 0 Å². The van der Waals surface area contributed by atoms with E-state index in [4.69, 9.17) is 0 Å². The second kappa shape index (κ2) is 3.88. The smallest absolute Gasteiger partial charge is 0.407 e. The first-order valence-electron chi connectivity index (χ1n) is 3.81. The molecule has 1 aliphatic rings. The number of ether oxygens (including phenoxy) is 1. The maximum Gasteiger partial charge on any atom is 0.407 e. The predicted molar refractivity (Wildman–Crippen MR) is 41.7 cm³/mol. The van der Waals surface area contributed by atoms with Gasteiger partial charge in [0, 0.05) is 6.42 Å². The van der Waals surface area contributed by atoms with Gasteiger partial charge in [-0.1, -0.05) is 0 Å². The summed E-state index contributed by atoms with van der Waals surface area (Å²) in [5, 5.41) is 4.42. The lowest BCUT2D eigenvalue weighted by Crippen LogP contribution is -2.52. The molecule has 1 aliphatic heterocycles. The molecular weight excluding hydrogens is 176 g/mol.